The molecule has 1 amide bonds. The van der Waals surface area contributed by atoms with Crippen molar-refractivity contribution in [3.8, 4) is 0 Å². The Kier molecular flexibility index (Phi) is 7.87. The van der Waals surface area contributed by atoms with Crippen LogP contribution in [0.3, 0.4) is 0 Å². The monoisotopic (exact) mass is 365 g/mol. The van der Waals surface area contributed by atoms with Crippen LogP contribution in [0.4, 0.5) is 4.79 Å². The third kappa shape index (κ3) is 7.32. The second-order valence-corrected chi connectivity index (χ2v) is 7.42. The van der Waals surface area contributed by atoms with E-state index < -0.39 is 5.60 Å². The average Bonchev–Trinajstić information content (AvgIpc) is 2.78. The molecule has 2 atom stereocenters. The molecule has 0 bridgehead atoms. The summed E-state index contributed by atoms with van der Waals surface area (Å²) in [5.41, 5.74) is 0.572. The highest BCUT2D eigenvalue weighted by molar-refractivity contribution is 5.68. The van der Waals surface area contributed by atoms with Crippen molar-refractivity contribution in [2.24, 2.45) is 0 Å². The summed E-state index contributed by atoms with van der Waals surface area (Å²) in [6.45, 7) is 10.3. The van der Waals surface area contributed by atoms with Gasteiger partial charge in [-0.15, -0.1) is 0 Å². The fourth-order valence-corrected chi connectivity index (χ4v) is 2.71. The van der Waals surface area contributed by atoms with Gasteiger partial charge in [0.2, 0.25) is 0 Å². The minimum Gasteiger partial charge on any atom is -0.444 e. The highest BCUT2D eigenvalue weighted by Crippen LogP contribution is 2.15. The molecule has 6 nitrogen and oxygen atoms in total. The predicted octanol–water partition coefficient (Wildman–Crippen LogP) is 3.24. The van der Waals surface area contributed by atoms with E-state index in [0.29, 0.717) is 39.5 Å². The molecule has 1 aromatic carbocycles. The first-order chi connectivity index (χ1) is 12.4. The largest absolute Gasteiger partial charge is 0.444 e. The van der Waals surface area contributed by atoms with Gasteiger partial charge in [0.1, 0.15) is 5.60 Å². The fourth-order valence-electron chi connectivity index (χ4n) is 2.71. The number of carbonyl (C=O) groups is 1. The molecule has 1 aliphatic rings. The molecule has 6 heteroatoms. The summed E-state index contributed by atoms with van der Waals surface area (Å²) < 4.78 is 22.9. The second-order valence-electron chi connectivity index (χ2n) is 7.42. The number of benzene rings is 1. The van der Waals surface area contributed by atoms with E-state index in [4.69, 9.17) is 18.9 Å². The normalized spacial score (nSPS) is 21.3. The fraction of sp³-hybridized carbons (Fsp3) is 0.650. The summed E-state index contributed by atoms with van der Waals surface area (Å²) in [4.78, 5) is 14.2. The summed E-state index contributed by atoms with van der Waals surface area (Å²) in [5, 5.41) is 0. The lowest BCUT2D eigenvalue weighted by Gasteiger charge is -2.28. The number of ether oxygens (including phenoxy) is 4. The van der Waals surface area contributed by atoms with Crippen LogP contribution in [0.25, 0.3) is 0 Å². The Bertz CT molecular complexity index is 543. The van der Waals surface area contributed by atoms with E-state index in [0.717, 1.165) is 5.56 Å². The van der Waals surface area contributed by atoms with E-state index >= 15 is 0 Å². The van der Waals surface area contributed by atoms with Gasteiger partial charge in [-0.3, -0.25) is 0 Å². The summed E-state index contributed by atoms with van der Waals surface area (Å²) in [6, 6.07) is 9.98. The van der Waals surface area contributed by atoms with Gasteiger partial charge in [-0.2, -0.15) is 0 Å². The minimum atomic E-state index is -0.537. The van der Waals surface area contributed by atoms with Crippen LogP contribution in [-0.2, 0) is 25.6 Å². The van der Waals surface area contributed by atoms with Crippen LogP contribution in [0.1, 0.15) is 33.3 Å². The molecule has 1 aromatic rings. The number of nitrogens with zero attached hydrogens (tertiary/aromatic N) is 1. The predicted molar refractivity (Wildman–Crippen MR) is 99.1 cm³/mol. The quantitative estimate of drug-likeness (QED) is 0.775. The molecular formula is C20H31NO5. The Morgan fingerprint density at radius 2 is 1.96 bits per heavy atom. The Morgan fingerprint density at radius 3 is 2.62 bits per heavy atom. The van der Waals surface area contributed by atoms with E-state index in [1.54, 1.807) is 4.90 Å². The zero-order valence-corrected chi connectivity index (χ0v) is 16.3. The first-order valence-corrected chi connectivity index (χ1v) is 9.20. The van der Waals surface area contributed by atoms with Gasteiger partial charge in [-0.25, -0.2) is 4.79 Å². The van der Waals surface area contributed by atoms with Crippen LogP contribution < -0.4 is 0 Å². The molecule has 0 aromatic heterocycles. The lowest BCUT2D eigenvalue weighted by atomic mass is 10.2. The molecule has 1 saturated heterocycles. The first-order valence-electron chi connectivity index (χ1n) is 9.20. The van der Waals surface area contributed by atoms with E-state index in [1.807, 2.05) is 58.0 Å². The SMILES string of the molecule is CCO[C@H]1CO[C@H](COCc2ccccc2)CN(C(=O)OC(C)(C)C)C1. The van der Waals surface area contributed by atoms with Gasteiger partial charge in [0.15, 0.2) is 0 Å². The van der Waals surface area contributed by atoms with Crippen LogP contribution in [-0.4, -0.2) is 61.7 Å². The van der Waals surface area contributed by atoms with Crippen molar-refractivity contribution in [2.75, 3.05) is 32.9 Å². The maximum atomic E-state index is 12.5. The molecule has 2 rings (SSSR count). The first kappa shape index (κ1) is 20.7. The van der Waals surface area contributed by atoms with Crippen molar-refractivity contribution in [3.05, 3.63) is 35.9 Å². The molecule has 1 fully saturated rings. The average molecular weight is 365 g/mol. The number of carbonyl (C=O) groups excluding carboxylic acids is 1. The van der Waals surface area contributed by atoms with Crippen molar-refractivity contribution < 1.29 is 23.7 Å². The van der Waals surface area contributed by atoms with E-state index in [2.05, 4.69) is 0 Å². The Hall–Kier alpha value is -1.63. The molecule has 146 valence electrons. The Labute approximate surface area is 156 Å². The summed E-state index contributed by atoms with van der Waals surface area (Å²) in [6.07, 6.45) is -0.718. The third-order valence-electron chi connectivity index (χ3n) is 3.84. The second kappa shape index (κ2) is 9.90. The summed E-state index contributed by atoms with van der Waals surface area (Å²) in [5.74, 6) is 0. The molecule has 0 unspecified atom stereocenters. The zero-order valence-electron chi connectivity index (χ0n) is 16.3. The summed E-state index contributed by atoms with van der Waals surface area (Å²) in [7, 11) is 0. The van der Waals surface area contributed by atoms with Gasteiger partial charge < -0.3 is 23.8 Å². The van der Waals surface area contributed by atoms with Gasteiger partial charge in [-0.1, -0.05) is 30.3 Å². The molecule has 0 saturated carbocycles. The maximum absolute atomic E-state index is 12.5. The van der Waals surface area contributed by atoms with Crippen molar-refractivity contribution in [1.82, 2.24) is 4.90 Å². The van der Waals surface area contributed by atoms with Gasteiger partial charge in [0, 0.05) is 6.61 Å². The number of hydrogen-bond acceptors (Lipinski definition) is 5. The number of rotatable bonds is 6. The molecule has 26 heavy (non-hydrogen) atoms. The topological polar surface area (TPSA) is 57.2 Å². The Morgan fingerprint density at radius 1 is 1.23 bits per heavy atom. The van der Waals surface area contributed by atoms with Crippen molar-refractivity contribution >= 4 is 6.09 Å². The van der Waals surface area contributed by atoms with Crippen LogP contribution in [0.5, 0.6) is 0 Å². The van der Waals surface area contributed by atoms with Crippen LogP contribution >= 0.6 is 0 Å². The molecule has 0 spiro atoms. The van der Waals surface area contributed by atoms with E-state index in [-0.39, 0.29) is 18.3 Å². The Balaban J connectivity index is 1.92. The molecular weight excluding hydrogens is 334 g/mol. The minimum absolute atomic E-state index is 0.161. The van der Waals surface area contributed by atoms with Crippen molar-refractivity contribution in [3.63, 3.8) is 0 Å². The van der Waals surface area contributed by atoms with Crippen molar-refractivity contribution in [1.29, 1.82) is 0 Å². The van der Waals surface area contributed by atoms with E-state index in [1.165, 1.54) is 0 Å². The standard InChI is InChI=1S/C20H31NO5/c1-5-24-18-12-21(19(22)26-20(2,3)4)11-17(25-15-18)14-23-13-16-9-7-6-8-10-16/h6-10,17-18H,5,11-15H2,1-4H3/t17-,18+/m0/s1. The highest BCUT2D eigenvalue weighted by Gasteiger charge is 2.31. The molecule has 0 aliphatic carbocycles. The molecule has 0 radical (unpaired) electrons. The van der Waals surface area contributed by atoms with Crippen LogP contribution in [0, 0.1) is 0 Å². The number of amides is 1. The number of hydrogen-bond donors (Lipinski definition) is 0. The molecule has 1 aliphatic heterocycles. The smallest absolute Gasteiger partial charge is 0.410 e. The third-order valence-corrected chi connectivity index (χ3v) is 3.84. The lowest BCUT2D eigenvalue weighted by molar-refractivity contribution is -0.0511. The van der Waals surface area contributed by atoms with E-state index in [9.17, 15) is 4.79 Å². The van der Waals surface area contributed by atoms with Gasteiger partial charge >= 0.3 is 6.09 Å². The van der Waals surface area contributed by atoms with Gasteiger partial charge in [0.05, 0.1) is 45.1 Å². The molecule has 0 N–H and O–H groups in total. The van der Waals surface area contributed by atoms with Crippen LogP contribution in [0.15, 0.2) is 30.3 Å². The van der Waals surface area contributed by atoms with Gasteiger partial charge in [-0.05, 0) is 33.3 Å². The maximum Gasteiger partial charge on any atom is 0.410 e. The highest BCUT2D eigenvalue weighted by atomic mass is 16.6. The van der Waals surface area contributed by atoms with Crippen LogP contribution in [0.2, 0.25) is 0 Å². The lowest BCUT2D eigenvalue weighted by Crippen LogP contribution is -2.43. The van der Waals surface area contributed by atoms with Gasteiger partial charge in [0.25, 0.3) is 0 Å². The van der Waals surface area contributed by atoms with Crippen molar-refractivity contribution in [2.45, 2.75) is 52.1 Å². The zero-order chi connectivity index (χ0) is 19.0. The molecule has 1 heterocycles. The summed E-state index contributed by atoms with van der Waals surface area (Å²) >= 11 is 0.